The summed E-state index contributed by atoms with van der Waals surface area (Å²) in [4.78, 5) is 23.3. The van der Waals surface area contributed by atoms with Crippen molar-refractivity contribution in [2.24, 2.45) is 5.10 Å². The van der Waals surface area contributed by atoms with E-state index >= 15 is 0 Å². The third-order valence-corrected chi connectivity index (χ3v) is 5.81. The summed E-state index contributed by atoms with van der Waals surface area (Å²) in [6.45, 7) is 0. The number of phenols is 1. The molecule has 0 fully saturated rings. The predicted octanol–water partition coefficient (Wildman–Crippen LogP) is 2.49. The Hall–Kier alpha value is -3.68. The molecule has 14 nitrogen and oxygen atoms in total. The highest BCUT2D eigenvalue weighted by atomic mass is 127. The lowest BCUT2D eigenvalue weighted by Crippen LogP contribution is -2.19. The van der Waals surface area contributed by atoms with Gasteiger partial charge in [-0.15, -0.1) is 5.10 Å². The van der Waals surface area contributed by atoms with E-state index in [-0.39, 0.29) is 34.5 Å². The third kappa shape index (κ3) is 4.66. The first-order chi connectivity index (χ1) is 16.3. The second-order valence-corrected chi connectivity index (χ2v) is 8.91. The number of hydrogen-bond acceptors (Lipinski definition) is 11. The summed E-state index contributed by atoms with van der Waals surface area (Å²) < 4.78 is 7.22. The number of nitrogens with one attached hydrogen (secondary N) is 1. The zero-order chi connectivity index (χ0) is 24.4. The highest BCUT2D eigenvalue weighted by Gasteiger charge is 2.25. The molecule has 4 aromatic rings. The molecule has 0 saturated heterocycles. The molecule has 2 aromatic carbocycles. The molecule has 172 valence electrons. The maximum Gasteiger partial charge on any atom is 0.294 e. The van der Waals surface area contributed by atoms with E-state index < -0.39 is 10.8 Å². The second-order valence-electron chi connectivity index (χ2n) is 6.50. The number of nitrogens with zero attached hydrogens (tertiary/aromatic N) is 7. The Labute approximate surface area is 216 Å². The number of aromatic hydroxyl groups is 1. The van der Waals surface area contributed by atoms with Gasteiger partial charge in [0.1, 0.15) is 11.4 Å². The summed E-state index contributed by atoms with van der Waals surface area (Å²) in [5.74, 6) is -0.861. The lowest BCUT2D eigenvalue weighted by Gasteiger charge is -2.06. The number of nitro groups is 1. The van der Waals surface area contributed by atoms with Crippen LogP contribution in [0.5, 0.6) is 5.75 Å². The molecular formula is C18H11I2N9O5. The Bertz CT molecular complexity index is 1430. The smallest absolute Gasteiger partial charge is 0.294 e. The van der Waals surface area contributed by atoms with Gasteiger partial charge >= 0.3 is 0 Å². The fourth-order valence-electron chi connectivity index (χ4n) is 2.82. The van der Waals surface area contributed by atoms with Gasteiger partial charge in [-0.2, -0.15) is 9.78 Å². The minimum atomic E-state index is -0.745. The van der Waals surface area contributed by atoms with E-state index in [2.05, 4.69) is 58.4 Å². The number of nitrogen functional groups attached to an aromatic ring is 1. The number of nitro benzene ring substituents is 1. The third-order valence-electron chi connectivity index (χ3n) is 4.36. The van der Waals surface area contributed by atoms with Gasteiger partial charge in [-0.25, -0.2) is 10.1 Å². The van der Waals surface area contributed by atoms with Crippen molar-refractivity contribution in [1.29, 1.82) is 0 Å². The topological polar surface area (TPSA) is 200 Å². The summed E-state index contributed by atoms with van der Waals surface area (Å²) in [6.07, 6.45) is 1.28. The van der Waals surface area contributed by atoms with Crippen molar-refractivity contribution in [3.8, 4) is 22.8 Å². The van der Waals surface area contributed by atoms with Crippen LogP contribution in [0.15, 0.2) is 46.1 Å². The zero-order valence-electron chi connectivity index (χ0n) is 16.6. The molecule has 0 bridgehead atoms. The number of halogens is 2. The van der Waals surface area contributed by atoms with Crippen LogP contribution >= 0.6 is 45.2 Å². The van der Waals surface area contributed by atoms with Crippen molar-refractivity contribution in [2.45, 2.75) is 0 Å². The second kappa shape index (κ2) is 9.67. The number of hydrazone groups is 1. The van der Waals surface area contributed by atoms with Crippen molar-refractivity contribution < 1.29 is 19.5 Å². The fourth-order valence-corrected chi connectivity index (χ4v) is 4.71. The van der Waals surface area contributed by atoms with Crippen molar-refractivity contribution in [3.05, 3.63) is 64.9 Å². The van der Waals surface area contributed by atoms with Gasteiger partial charge in [-0.05, 0) is 79.8 Å². The maximum absolute atomic E-state index is 12.9. The highest BCUT2D eigenvalue weighted by molar-refractivity contribution is 14.1. The molecule has 2 aromatic heterocycles. The van der Waals surface area contributed by atoms with Gasteiger partial charge in [0.15, 0.2) is 5.69 Å². The first-order valence-electron chi connectivity index (χ1n) is 9.06. The number of carbonyl (C=O) groups excluding carboxylic acids is 1. The molecule has 0 spiro atoms. The first kappa shape index (κ1) is 23.5. The van der Waals surface area contributed by atoms with Crippen LogP contribution in [-0.4, -0.2) is 47.5 Å². The van der Waals surface area contributed by atoms with Crippen LogP contribution in [0.3, 0.4) is 0 Å². The Balaban J connectivity index is 1.70. The van der Waals surface area contributed by atoms with Gasteiger partial charge in [0.25, 0.3) is 11.6 Å². The van der Waals surface area contributed by atoms with Gasteiger partial charge in [-0.3, -0.25) is 14.9 Å². The van der Waals surface area contributed by atoms with Gasteiger partial charge in [0, 0.05) is 26.8 Å². The number of amides is 1. The number of hydrogen-bond donors (Lipinski definition) is 3. The van der Waals surface area contributed by atoms with E-state index in [1.54, 1.807) is 12.1 Å². The number of anilines is 1. The van der Waals surface area contributed by atoms with Crippen LogP contribution in [0.2, 0.25) is 0 Å². The Kier molecular flexibility index (Phi) is 6.68. The SMILES string of the molecule is Nc1nonc1-n1nnc(C(=O)NN=Cc2cc(I)cc(I)c2O)c1-c1ccc([N+](=O)[O-])cc1. The molecule has 34 heavy (non-hydrogen) atoms. The summed E-state index contributed by atoms with van der Waals surface area (Å²) in [5.41, 5.74) is 8.65. The monoisotopic (exact) mass is 687 g/mol. The van der Waals surface area contributed by atoms with Gasteiger partial charge in [0.05, 0.1) is 14.7 Å². The number of non-ortho nitro benzene ring substituents is 1. The Morgan fingerprint density at radius 3 is 2.65 bits per heavy atom. The highest BCUT2D eigenvalue weighted by Crippen LogP contribution is 2.28. The maximum atomic E-state index is 12.9. The first-order valence-corrected chi connectivity index (χ1v) is 11.2. The zero-order valence-corrected chi connectivity index (χ0v) is 20.9. The Morgan fingerprint density at radius 1 is 1.26 bits per heavy atom. The molecule has 0 aliphatic heterocycles. The van der Waals surface area contributed by atoms with E-state index in [1.165, 1.54) is 30.5 Å². The van der Waals surface area contributed by atoms with Crippen LogP contribution < -0.4 is 11.2 Å². The molecule has 2 heterocycles. The minimum Gasteiger partial charge on any atom is -0.506 e. The summed E-state index contributed by atoms with van der Waals surface area (Å²) >= 11 is 4.07. The van der Waals surface area contributed by atoms with E-state index in [1.807, 2.05) is 22.6 Å². The summed E-state index contributed by atoms with van der Waals surface area (Å²) in [6, 6.07) is 8.83. The van der Waals surface area contributed by atoms with Crippen molar-refractivity contribution in [2.75, 3.05) is 5.73 Å². The quantitative estimate of drug-likeness (QED) is 0.117. The van der Waals surface area contributed by atoms with Gasteiger partial charge < -0.3 is 10.8 Å². The lowest BCUT2D eigenvalue weighted by atomic mass is 10.1. The number of phenolic OH excluding ortho intramolecular Hbond substituents is 1. The number of benzene rings is 2. The molecule has 4 rings (SSSR count). The van der Waals surface area contributed by atoms with E-state index in [0.29, 0.717) is 14.7 Å². The van der Waals surface area contributed by atoms with Gasteiger partial charge in [-0.1, -0.05) is 5.21 Å². The molecule has 1 amide bonds. The molecule has 0 unspecified atom stereocenters. The normalized spacial score (nSPS) is 11.1. The molecule has 4 N–H and O–H groups in total. The van der Waals surface area contributed by atoms with E-state index in [9.17, 15) is 20.0 Å². The molecular weight excluding hydrogens is 676 g/mol. The van der Waals surface area contributed by atoms with Crippen LogP contribution in [0, 0.1) is 17.3 Å². The van der Waals surface area contributed by atoms with E-state index in [0.717, 1.165) is 8.25 Å². The molecule has 0 saturated carbocycles. The molecule has 0 aliphatic carbocycles. The number of nitrogens with two attached hydrogens (primary N) is 1. The van der Waals surface area contributed by atoms with Crippen LogP contribution in [-0.2, 0) is 0 Å². The molecule has 16 heteroatoms. The van der Waals surface area contributed by atoms with Crippen molar-refractivity contribution in [1.82, 2.24) is 30.7 Å². The largest absolute Gasteiger partial charge is 0.506 e. The van der Waals surface area contributed by atoms with Crippen LogP contribution in [0.25, 0.3) is 17.1 Å². The van der Waals surface area contributed by atoms with Crippen molar-refractivity contribution >= 4 is 68.8 Å². The predicted molar refractivity (Wildman–Crippen MR) is 134 cm³/mol. The number of aromatic nitrogens is 5. The fraction of sp³-hybridized carbons (Fsp3) is 0. The van der Waals surface area contributed by atoms with Gasteiger partial charge in [0.2, 0.25) is 11.6 Å². The van der Waals surface area contributed by atoms with Crippen LogP contribution in [0.1, 0.15) is 16.1 Å². The summed E-state index contributed by atoms with van der Waals surface area (Å²) in [5, 5.41) is 40.0. The molecule has 0 radical (unpaired) electrons. The van der Waals surface area contributed by atoms with Crippen LogP contribution in [0.4, 0.5) is 11.5 Å². The average molecular weight is 687 g/mol. The molecule has 0 aliphatic rings. The van der Waals surface area contributed by atoms with Crippen molar-refractivity contribution in [3.63, 3.8) is 0 Å². The standard InChI is InChI=1S/C18H11I2N9O5/c19-10-5-9(15(30)12(20)6-10)7-22-24-18(31)13-14(8-1-3-11(4-2-8)29(32)33)28(27-23-13)17-16(21)25-34-26-17/h1-7,30H,(H2,21,25)(H,24,31). The lowest BCUT2D eigenvalue weighted by molar-refractivity contribution is -0.384. The average Bonchev–Trinajstić information content (AvgIpc) is 3.42. The Morgan fingerprint density at radius 2 is 2.00 bits per heavy atom. The van der Waals surface area contributed by atoms with E-state index in [4.69, 9.17) is 5.73 Å². The number of carbonyl (C=O) groups is 1. The molecule has 0 atom stereocenters. The summed E-state index contributed by atoms with van der Waals surface area (Å²) in [7, 11) is 0. The number of rotatable bonds is 6. The minimum absolute atomic E-state index is 0.0190.